The fourth-order valence-corrected chi connectivity index (χ4v) is 1.90. The summed E-state index contributed by atoms with van der Waals surface area (Å²) in [5.41, 5.74) is 2.92. The van der Waals surface area contributed by atoms with Gasteiger partial charge in [-0.1, -0.05) is 24.9 Å². The highest BCUT2D eigenvalue weighted by atomic mass is 35.5. The Bertz CT molecular complexity index is 522. The lowest BCUT2D eigenvalue weighted by Gasteiger charge is -2.08. The van der Waals surface area contributed by atoms with Gasteiger partial charge in [-0.25, -0.2) is 0 Å². The molecule has 1 heterocycles. The second-order valence-electron chi connectivity index (χ2n) is 4.28. The first-order valence-corrected chi connectivity index (χ1v) is 6.53. The Kier molecular flexibility index (Phi) is 4.26. The van der Waals surface area contributed by atoms with Crippen LogP contribution >= 0.6 is 11.6 Å². The first-order chi connectivity index (χ1) is 8.70. The summed E-state index contributed by atoms with van der Waals surface area (Å²) in [4.78, 5) is 0. The van der Waals surface area contributed by atoms with E-state index in [0.717, 1.165) is 35.5 Å². The molecule has 1 N–H and O–H groups in total. The minimum absolute atomic E-state index is 0.629. The minimum Gasteiger partial charge on any atom is -0.492 e. The Morgan fingerprint density at radius 1 is 1.33 bits per heavy atom. The van der Waals surface area contributed by atoms with E-state index in [9.17, 15) is 0 Å². The standard InChI is InChI=1S/C14H17ClN2O/c1-3-4-7-18-14-6-5-11(9-12(14)15)13-8-10(2)16-17-13/h5-6,8-9H,3-4,7H2,1-2H3,(H,16,17). The van der Waals surface area contributed by atoms with Gasteiger partial charge < -0.3 is 4.74 Å². The molecule has 0 fully saturated rings. The molecule has 3 nitrogen and oxygen atoms in total. The van der Waals surface area contributed by atoms with Crippen molar-refractivity contribution < 1.29 is 4.74 Å². The molecular formula is C14H17ClN2O. The molecule has 0 radical (unpaired) electrons. The van der Waals surface area contributed by atoms with E-state index >= 15 is 0 Å². The Balaban J connectivity index is 2.14. The fraction of sp³-hybridized carbons (Fsp3) is 0.357. The van der Waals surface area contributed by atoms with Gasteiger partial charge >= 0.3 is 0 Å². The van der Waals surface area contributed by atoms with Crippen molar-refractivity contribution in [1.82, 2.24) is 10.2 Å². The maximum Gasteiger partial charge on any atom is 0.137 e. The molecule has 0 amide bonds. The molecule has 1 aromatic heterocycles. The molecule has 0 saturated carbocycles. The molecule has 96 valence electrons. The smallest absolute Gasteiger partial charge is 0.137 e. The summed E-state index contributed by atoms with van der Waals surface area (Å²) in [5, 5.41) is 7.76. The van der Waals surface area contributed by atoms with E-state index in [0.29, 0.717) is 11.6 Å². The largest absolute Gasteiger partial charge is 0.492 e. The zero-order valence-electron chi connectivity index (χ0n) is 10.7. The highest BCUT2D eigenvalue weighted by Gasteiger charge is 2.06. The first-order valence-electron chi connectivity index (χ1n) is 6.15. The van der Waals surface area contributed by atoms with E-state index < -0.39 is 0 Å². The molecule has 0 saturated heterocycles. The van der Waals surface area contributed by atoms with Crippen molar-refractivity contribution in [2.75, 3.05) is 6.61 Å². The van der Waals surface area contributed by atoms with Gasteiger partial charge in [-0.05, 0) is 37.6 Å². The highest BCUT2D eigenvalue weighted by molar-refractivity contribution is 6.32. The van der Waals surface area contributed by atoms with Gasteiger partial charge in [-0.2, -0.15) is 5.10 Å². The van der Waals surface area contributed by atoms with Gasteiger partial charge in [-0.15, -0.1) is 0 Å². The van der Waals surface area contributed by atoms with Crippen LogP contribution in [0, 0.1) is 6.92 Å². The van der Waals surface area contributed by atoms with Crippen LogP contribution in [0.1, 0.15) is 25.5 Å². The normalized spacial score (nSPS) is 10.6. The topological polar surface area (TPSA) is 37.9 Å². The third-order valence-corrected chi connectivity index (χ3v) is 2.98. The van der Waals surface area contributed by atoms with Crippen molar-refractivity contribution in [3.63, 3.8) is 0 Å². The van der Waals surface area contributed by atoms with E-state index in [2.05, 4.69) is 17.1 Å². The number of unbranched alkanes of at least 4 members (excludes halogenated alkanes) is 1. The second kappa shape index (κ2) is 5.91. The summed E-state index contributed by atoms with van der Waals surface area (Å²) in [6, 6.07) is 7.75. The van der Waals surface area contributed by atoms with Crippen molar-refractivity contribution in [1.29, 1.82) is 0 Å². The molecule has 0 bridgehead atoms. The number of halogens is 1. The number of ether oxygens (including phenoxy) is 1. The molecule has 0 atom stereocenters. The lowest BCUT2D eigenvalue weighted by molar-refractivity contribution is 0.309. The zero-order valence-corrected chi connectivity index (χ0v) is 11.4. The average molecular weight is 265 g/mol. The number of hydrogen-bond donors (Lipinski definition) is 1. The maximum atomic E-state index is 6.20. The quantitative estimate of drug-likeness (QED) is 0.821. The Hall–Kier alpha value is -1.48. The number of aromatic amines is 1. The van der Waals surface area contributed by atoms with Crippen LogP contribution in [0.5, 0.6) is 5.75 Å². The van der Waals surface area contributed by atoms with Crippen molar-refractivity contribution in [3.05, 3.63) is 35.0 Å². The van der Waals surface area contributed by atoms with Crippen LogP contribution in [0.15, 0.2) is 24.3 Å². The van der Waals surface area contributed by atoms with E-state index in [1.165, 1.54) is 0 Å². The number of hydrogen-bond acceptors (Lipinski definition) is 2. The molecule has 0 unspecified atom stereocenters. The van der Waals surface area contributed by atoms with Gasteiger partial charge in [-0.3, -0.25) is 5.10 Å². The van der Waals surface area contributed by atoms with E-state index in [-0.39, 0.29) is 0 Å². The summed E-state index contributed by atoms with van der Waals surface area (Å²) in [6.07, 6.45) is 2.15. The Morgan fingerprint density at radius 3 is 2.78 bits per heavy atom. The van der Waals surface area contributed by atoms with Gasteiger partial charge in [0.05, 0.1) is 17.3 Å². The van der Waals surface area contributed by atoms with Crippen LogP contribution < -0.4 is 4.74 Å². The van der Waals surface area contributed by atoms with Crippen LogP contribution in [0.3, 0.4) is 0 Å². The third-order valence-electron chi connectivity index (χ3n) is 2.69. The molecule has 2 aromatic rings. The number of nitrogens with one attached hydrogen (secondary N) is 1. The zero-order chi connectivity index (χ0) is 13.0. The molecule has 1 aromatic carbocycles. The van der Waals surface area contributed by atoms with Gasteiger partial charge in [0.2, 0.25) is 0 Å². The minimum atomic E-state index is 0.629. The fourth-order valence-electron chi connectivity index (χ4n) is 1.67. The van der Waals surface area contributed by atoms with Gasteiger partial charge in [0.1, 0.15) is 5.75 Å². The van der Waals surface area contributed by atoms with E-state index in [4.69, 9.17) is 16.3 Å². The first kappa shape index (κ1) is 13.0. The average Bonchev–Trinajstić information content (AvgIpc) is 2.78. The maximum absolute atomic E-state index is 6.20. The Morgan fingerprint density at radius 2 is 2.17 bits per heavy atom. The SMILES string of the molecule is CCCCOc1ccc(-c2cc(C)[nH]n2)cc1Cl. The van der Waals surface area contributed by atoms with E-state index in [1.54, 1.807) is 0 Å². The van der Waals surface area contributed by atoms with Gasteiger partial charge in [0.15, 0.2) is 0 Å². The summed E-state index contributed by atoms with van der Waals surface area (Å²) in [6.45, 7) is 4.81. The third kappa shape index (κ3) is 3.05. The van der Waals surface area contributed by atoms with E-state index in [1.807, 2.05) is 31.2 Å². The number of H-pyrrole nitrogens is 1. The number of aryl methyl sites for hydroxylation is 1. The number of benzene rings is 1. The number of rotatable bonds is 5. The second-order valence-corrected chi connectivity index (χ2v) is 4.69. The van der Waals surface area contributed by atoms with Crippen molar-refractivity contribution >= 4 is 11.6 Å². The van der Waals surface area contributed by atoms with Crippen molar-refractivity contribution in [2.45, 2.75) is 26.7 Å². The van der Waals surface area contributed by atoms with Crippen LogP contribution in [0.2, 0.25) is 5.02 Å². The molecule has 2 rings (SSSR count). The summed E-state index contributed by atoms with van der Waals surface area (Å²) >= 11 is 6.20. The molecule has 0 aliphatic carbocycles. The number of aromatic nitrogens is 2. The number of nitrogens with zero attached hydrogens (tertiary/aromatic N) is 1. The summed E-state index contributed by atoms with van der Waals surface area (Å²) in [5.74, 6) is 0.737. The van der Waals surface area contributed by atoms with Crippen LogP contribution in [0.4, 0.5) is 0 Å². The lowest BCUT2D eigenvalue weighted by Crippen LogP contribution is -1.97. The highest BCUT2D eigenvalue weighted by Crippen LogP contribution is 2.29. The van der Waals surface area contributed by atoms with Gasteiger partial charge in [0, 0.05) is 11.3 Å². The molecular weight excluding hydrogens is 248 g/mol. The summed E-state index contributed by atoms with van der Waals surface area (Å²) < 4.78 is 5.61. The lowest BCUT2D eigenvalue weighted by atomic mass is 10.1. The van der Waals surface area contributed by atoms with Crippen LogP contribution in [-0.2, 0) is 0 Å². The predicted octanol–water partition coefficient (Wildman–Crippen LogP) is 4.22. The molecule has 0 aliphatic rings. The molecule has 4 heteroatoms. The van der Waals surface area contributed by atoms with Crippen LogP contribution in [-0.4, -0.2) is 16.8 Å². The van der Waals surface area contributed by atoms with Crippen molar-refractivity contribution in [2.24, 2.45) is 0 Å². The molecule has 18 heavy (non-hydrogen) atoms. The van der Waals surface area contributed by atoms with Crippen LogP contribution in [0.25, 0.3) is 11.3 Å². The predicted molar refractivity (Wildman–Crippen MR) is 74.2 cm³/mol. The monoisotopic (exact) mass is 264 g/mol. The molecule has 0 aliphatic heterocycles. The summed E-state index contributed by atoms with van der Waals surface area (Å²) in [7, 11) is 0. The van der Waals surface area contributed by atoms with Gasteiger partial charge in [0.25, 0.3) is 0 Å². The molecule has 0 spiro atoms. The van der Waals surface area contributed by atoms with Crippen molar-refractivity contribution in [3.8, 4) is 17.0 Å². The Labute approximate surface area is 112 Å².